The van der Waals surface area contributed by atoms with Crippen molar-refractivity contribution in [1.29, 1.82) is 0 Å². The summed E-state index contributed by atoms with van der Waals surface area (Å²) in [4.78, 5) is 7.34. The molecule has 0 unspecified atom stereocenters. The molecule has 2 nitrogen and oxygen atoms in total. The third-order valence-electron chi connectivity index (χ3n) is 4.84. The zero-order chi connectivity index (χ0) is 19.8. The van der Waals surface area contributed by atoms with Gasteiger partial charge in [0, 0.05) is 12.0 Å². The van der Waals surface area contributed by atoms with Gasteiger partial charge >= 0.3 is 0 Å². The largest absolute Gasteiger partial charge is 0.338 e. The second kappa shape index (κ2) is 7.11. The number of aryl methyl sites for hydroxylation is 1. The highest BCUT2D eigenvalue weighted by atomic mass is 19.1. The predicted octanol–water partition coefficient (Wildman–Crippen LogP) is 5.94. The quantitative estimate of drug-likeness (QED) is 0.434. The van der Waals surface area contributed by atoms with Gasteiger partial charge in [-0.05, 0) is 47.9 Å². The van der Waals surface area contributed by atoms with Crippen LogP contribution in [0, 0.1) is 23.3 Å². The van der Waals surface area contributed by atoms with Gasteiger partial charge in [-0.3, -0.25) is 0 Å². The van der Waals surface area contributed by atoms with E-state index in [1.165, 1.54) is 36.4 Å². The molecule has 0 aliphatic rings. The first kappa shape index (κ1) is 18.2. The van der Waals surface area contributed by atoms with Gasteiger partial charge in [-0.1, -0.05) is 25.1 Å². The van der Waals surface area contributed by atoms with Crippen LogP contribution in [0.5, 0.6) is 0 Å². The molecule has 4 aromatic rings. The van der Waals surface area contributed by atoms with Gasteiger partial charge in [-0.15, -0.1) is 0 Å². The van der Waals surface area contributed by atoms with E-state index in [4.69, 9.17) is 0 Å². The Morgan fingerprint density at radius 1 is 0.786 bits per heavy atom. The molecular weight excluding hydrogens is 368 g/mol. The molecule has 0 atom stereocenters. The van der Waals surface area contributed by atoms with E-state index >= 15 is 0 Å². The molecule has 0 amide bonds. The van der Waals surface area contributed by atoms with Gasteiger partial charge in [-0.2, -0.15) is 0 Å². The number of nitrogens with one attached hydrogen (secondary N) is 1. The second-order valence-electron chi connectivity index (χ2n) is 6.51. The minimum Gasteiger partial charge on any atom is -0.338 e. The highest BCUT2D eigenvalue weighted by molar-refractivity contribution is 5.84. The number of imidazole rings is 1. The molecule has 0 spiro atoms. The summed E-state index contributed by atoms with van der Waals surface area (Å²) in [5.41, 5.74) is 2.38. The van der Waals surface area contributed by atoms with Crippen molar-refractivity contribution in [3.05, 3.63) is 88.5 Å². The van der Waals surface area contributed by atoms with E-state index in [0.29, 0.717) is 23.0 Å². The van der Waals surface area contributed by atoms with Gasteiger partial charge in [0.15, 0.2) is 0 Å². The number of fused-ring (bicyclic) bond motifs is 1. The molecule has 1 aromatic heterocycles. The third kappa shape index (κ3) is 3.05. The third-order valence-corrected chi connectivity index (χ3v) is 4.84. The molecular formula is C22H16F4N2. The lowest BCUT2D eigenvalue weighted by Crippen LogP contribution is -2.01. The first-order chi connectivity index (χ1) is 13.5. The van der Waals surface area contributed by atoms with E-state index in [0.717, 1.165) is 5.56 Å². The molecule has 0 saturated heterocycles. The highest BCUT2D eigenvalue weighted by Gasteiger charge is 2.18. The Morgan fingerprint density at radius 3 is 2.00 bits per heavy atom. The number of H-pyrrole nitrogens is 1. The molecule has 0 aliphatic carbocycles. The smallest absolute Gasteiger partial charge is 0.144 e. The van der Waals surface area contributed by atoms with Crippen LogP contribution in [0.2, 0.25) is 0 Å². The Labute approximate surface area is 158 Å². The first-order valence-electron chi connectivity index (χ1n) is 8.87. The number of hydrogen-bond acceptors (Lipinski definition) is 1. The molecule has 4 rings (SSSR count). The van der Waals surface area contributed by atoms with Gasteiger partial charge < -0.3 is 4.98 Å². The van der Waals surface area contributed by atoms with Crippen LogP contribution in [-0.2, 0) is 12.8 Å². The van der Waals surface area contributed by atoms with Gasteiger partial charge in [-0.25, -0.2) is 22.5 Å². The van der Waals surface area contributed by atoms with Crippen molar-refractivity contribution in [1.82, 2.24) is 9.97 Å². The summed E-state index contributed by atoms with van der Waals surface area (Å²) in [6.07, 6.45) is 0.612. The van der Waals surface area contributed by atoms with Crippen molar-refractivity contribution in [2.24, 2.45) is 0 Å². The average Bonchev–Trinajstić information content (AvgIpc) is 3.08. The molecule has 0 fully saturated rings. The average molecular weight is 384 g/mol. The number of nitrogens with zero attached hydrogens (tertiary/aromatic N) is 1. The van der Waals surface area contributed by atoms with Gasteiger partial charge in [0.25, 0.3) is 0 Å². The van der Waals surface area contributed by atoms with E-state index in [-0.39, 0.29) is 23.4 Å². The number of halogens is 4. The Kier molecular flexibility index (Phi) is 4.63. The van der Waals surface area contributed by atoms with Crippen molar-refractivity contribution in [3.8, 4) is 11.4 Å². The fraction of sp³-hybridized carbons (Fsp3) is 0.136. The van der Waals surface area contributed by atoms with Crippen molar-refractivity contribution < 1.29 is 17.6 Å². The molecule has 6 heteroatoms. The van der Waals surface area contributed by atoms with E-state index in [2.05, 4.69) is 9.97 Å². The lowest BCUT2D eigenvalue weighted by Gasteiger charge is -2.10. The van der Waals surface area contributed by atoms with Gasteiger partial charge in [0.2, 0.25) is 0 Å². The predicted molar refractivity (Wildman–Crippen MR) is 100.0 cm³/mol. The van der Waals surface area contributed by atoms with E-state index in [9.17, 15) is 17.6 Å². The number of benzene rings is 3. The topological polar surface area (TPSA) is 28.7 Å². The number of hydrogen-bond donors (Lipinski definition) is 1. The standard InChI is InChI=1S/C22H16F4N2/c1-2-13-12(11-14-15(23)5-3-6-16(14)24)9-10-19-21(13)28-22(27-19)20-17(25)7-4-8-18(20)26/h3-10H,2,11H2,1H3,(H,27,28). The molecule has 0 aliphatic heterocycles. The SMILES string of the molecule is CCc1c(Cc2c(F)cccc2F)ccc2[nH]c(-c3c(F)cccc3F)nc12. The summed E-state index contributed by atoms with van der Waals surface area (Å²) in [6.45, 7) is 1.90. The molecule has 0 bridgehead atoms. The Bertz CT molecular complexity index is 1140. The fourth-order valence-corrected chi connectivity index (χ4v) is 3.47. The van der Waals surface area contributed by atoms with Crippen LogP contribution in [0.15, 0.2) is 48.5 Å². The van der Waals surface area contributed by atoms with E-state index in [1.54, 1.807) is 12.1 Å². The molecule has 142 valence electrons. The zero-order valence-electron chi connectivity index (χ0n) is 15.0. The van der Waals surface area contributed by atoms with Crippen LogP contribution in [0.1, 0.15) is 23.6 Å². The van der Waals surface area contributed by atoms with Gasteiger partial charge in [0.1, 0.15) is 29.1 Å². The molecule has 1 N–H and O–H groups in total. The Morgan fingerprint density at radius 2 is 1.39 bits per heavy atom. The lowest BCUT2D eigenvalue weighted by molar-refractivity contribution is 0.561. The minimum atomic E-state index is -0.717. The molecule has 0 radical (unpaired) electrons. The van der Waals surface area contributed by atoms with Crippen molar-refractivity contribution in [2.75, 3.05) is 0 Å². The second-order valence-corrected chi connectivity index (χ2v) is 6.51. The van der Waals surface area contributed by atoms with Crippen LogP contribution in [0.3, 0.4) is 0 Å². The molecule has 28 heavy (non-hydrogen) atoms. The van der Waals surface area contributed by atoms with Gasteiger partial charge in [0.05, 0.1) is 16.6 Å². The number of aromatic amines is 1. The Hall–Kier alpha value is -3.15. The summed E-state index contributed by atoms with van der Waals surface area (Å²) in [6, 6.07) is 10.8. The van der Waals surface area contributed by atoms with Crippen LogP contribution in [-0.4, -0.2) is 9.97 Å². The molecule has 0 saturated carbocycles. The molecule has 3 aromatic carbocycles. The Balaban J connectivity index is 1.85. The fourth-order valence-electron chi connectivity index (χ4n) is 3.47. The summed E-state index contributed by atoms with van der Waals surface area (Å²) in [5.74, 6) is -2.58. The van der Waals surface area contributed by atoms with Crippen molar-refractivity contribution in [2.45, 2.75) is 19.8 Å². The monoisotopic (exact) mass is 384 g/mol. The lowest BCUT2D eigenvalue weighted by atomic mass is 9.96. The van der Waals surface area contributed by atoms with Crippen molar-refractivity contribution >= 4 is 11.0 Å². The van der Waals surface area contributed by atoms with Crippen molar-refractivity contribution in [3.63, 3.8) is 0 Å². The van der Waals surface area contributed by atoms with Crippen LogP contribution < -0.4 is 0 Å². The normalized spacial score (nSPS) is 11.3. The minimum absolute atomic E-state index is 0.0209. The summed E-state index contributed by atoms with van der Waals surface area (Å²) < 4.78 is 56.3. The summed E-state index contributed by atoms with van der Waals surface area (Å²) >= 11 is 0. The van der Waals surface area contributed by atoms with E-state index in [1.807, 2.05) is 6.92 Å². The maximum atomic E-state index is 14.1. The van der Waals surface area contributed by atoms with Crippen LogP contribution >= 0.6 is 0 Å². The molecule has 1 heterocycles. The maximum Gasteiger partial charge on any atom is 0.144 e. The first-order valence-corrected chi connectivity index (χ1v) is 8.87. The number of aromatic nitrogens is 2. The number of rotatable bonds is 4. The summed E-state index contributed by atoms with van der Waals surface area (Å²) in [7, 11) is 0. The maximum absolute atomic E-state index is 14.1. The van der Waals surface area contributed by atoms with Crippen LogP contribution in [0.4, 0.5) is 17.6 Å². The van der Waals surface area contributed by atoms with E-state index < -0.39 is 23.3 Å². The highest BCUT2D eigenvalue weighted by Crippen LogP contribution is 2.30. The zero-order valence-corrected chi connectivity index (χ0v) is 15.0. The van der Waals surface area contributed by atoms with Crippen LogP contribution in [0.25, 0.3) is 22.4 Å². The summed E-state index contributed by atoms with van der Waals surface area (Å²) in [5, 5.41) is 0.